The van der Waals surface area contributed by atoms with Crippen molar-refractivity contribution in [3.05, 3.63) is 59.7 Å². The molecular formula is C17H18ClN3. The summed E-state index contributed by atoms with van der Waals surface area (Å²) in [5.74, 6) is 0.924. The van der Waals surface area contributed by atoms with Gasteiger partial charge in [0.2, 0.25) is 0 Å². The fraction of sp³-hybridized carbons (Fsp3) is 0.294. The highest BCUT2D eigenvalue weighted by Gasteiger charge is 2.15. The van der Waals surface area contributed by atoms with Gasteiger partial charge in [0.1, 0.15) is 5.82 Å². The van der Waals surface area contributed by atoms with E-state index in [1.54, 1.807) is 0 Å². The highest BCUT2D eigenvalue weighted by molar-refractivity contribution is 6.20. The first-order chi connectivity index (χ1) is 10.1. The summed E-state index contributed by atoms with van der Waals surface area (Å²) in [6.45, 7) is 4.90. The number of nitrogens with zero attached hydrogens (tertiary/aromatic N) is 3. The SMILES string of the molecule is Cc1ccc2nc(C(C)Cl)n(CCc3ccccn3)c2c1. The van der Waals surface area contributed by atoms with Gasteiger partial charge in [0.15, 0.2) is 0 Å². The first-order valence-electron chi connectivity index (χ1n) is 7.16. The second kappa shape index (κ2) is 5.86. The monoisotopic (exact) mass is 299 g/mol. The van der Waals surface area contributed by atoms with E-state index in [-0.39, 0.29) is 5.38 Å². The molecule has 0 fully saturated rings. The molecule has 0 bridgehead atoms. The number of hydrogen-bond acceptors (Lipinski definition) is 2. The summed E-state index contributed by atoms with van der Waals surface area (Å²) in [4.78, 5) is 9.06. The number of benzene rings is 1. The van der Waals surface area contributed by atoms with Crippen LogP contribution in [0.2, 0.25) is 0 Å². The van der Waals surface area contributed by atoms with E-state index in [0.717, 1.165) is 35.5 Å². The van der Waals surface area contributed by atoms with Crippen LogP contribution in [0.25, 0.3) is 11.0 Å². The van der Waals surface area contributed by atoms with Gasteiger partial charge in [-0.2, -0.15) is 0 Å². The van der Waals surface area contributed by atoms with E-state index in [2.05, 4.69) is 39.7 Å². The third-order valence-corrected chi connectivity index (χ3v) is 3.80. The average molecular weight is 300 g/mol. The molecule has 3 nitrogen and oxygen atoms in total. The maximum atomic E-state index is 6.30. The highest BCUT2D eigenvalue weighted by atomic mass is 35.5. The molecule has 0 saturated heterocycles. The largest absolute Gasteiger partial charge is 0.326 e. The van der Waals surface area contributed by atoms with Crippen molar-refractivity contribution in [2.24, 2.45) is 0 Å². The van der Waals surface area contributed by atoms with Crippen molar-refractivity contribution in [2.75, 3.05) is 0 Å². The van der Waals surface area contributed by atoms with Gasteiger partial charge in [-0.25, -0.2) is 4.98 Å². The summed E-state index contributed by atoms with van der Waals surface area (Å²) in [5.41, 5.74) is 4.47. The van der Waals surface area contributed by atoms with E-state index in [0.29, 0.717) is 0 Å². The van der Waals surface area contributed by atoms with E-state index >= 15 is 0 Å². The maximum absolute atomic E-state index is 6.30. The zero-order chi connectivity index (χ0) is 14.8. The van der Waals surface area contributed by atoms with Crippen LogP contribution in [0.5, 0.6) is 0 Å². The van der Waals surface area contributed by atoms with Crippen molar-refractivity contribution in [3.8, 4) is 0 Å². The Morgan fingerprint density at radius 1 is 1.24 bits per heavy atom. The smallest absolute Gasteiger partial charge is 0.127 e. The fourth-order valence-electron chi connectivity index (χ4n) is 2.56. The zero-order valence-electron chi connectivity index (χ0n) is 12.3. The third kappa shape index (κ3) is 2.93. The summed E-state index contributed by atoms with van der Waals surface area (Å²) >= 11 is 6.30. The normalized spacial score (nSPS) is 12.7. The number of pyridine rings is 1. The number of aryl methyl sites for hydroxylation is 3. The van der Waals surface area contributed by atoms with Gasteiger partial charge in [0, 0.05) is 24.9 Å². The molecule has 1 aromatic carbocycles. The fourth-order valence-corrected chi connectivity index (χ4v) is 2.73. The van der Waals surface area contributed by atoms with Gasteiger partial charge < -0.3 is 4.57 Å². The van der Waals surface area contributed by atoms with E-state index in [1.807, 2.05) is 31.3 Å². The quantitative estimate of drug-likeness (QED) is 0.673. The Morgan fingerprint density at radius 2 is 2.10 bits per heavy atom. The minimum Gasteiger partial charge on any atom is -0.326 e. The van der Waals surface area contributed by atoms with Gasteiger partial charge in [0.05, 0.1) is 16.4 Å². The Kier molecular flexibility index (Phi) is 3.93. The van der Waals surface area contributed by atoms with Gasteiger partial charge in [-0.15, -0.1) is 11.6 Å². The van der Waals surface area contributed by atoms with Crippen molar-refractivity contribution in [3.63, 3.8) is 0 Å². The molecule has 0 saturated carbocycles. The number of aromatic nitrogens is 3. The van der Waals surface area contributed by atoms with Crippen LogP contribution in [0.3, 0.4) is 0 Å². The molecule has 1 atom stereocenters. The Balaban J connectivity index is 1.98. The van der Waals surface area contributed by atoms with Crippen LogP contribution in [0.4, 0.5) is 0 Å². The van der Waals surface area contributed by atoms with Gasteiger partial charge >= 0.3 is 0 Å². The standard InChI is InChI=1S/C17H18ClN3/c1-12-6-7-15-16(11-12)21(17(20-15)13(2)18)10-8-14-5-3-4-9-19-14/h3-7,9,11,13H,8,10H2,1-2H3. The van der Waals surface area contributed by atoms with Crippen molar-refractivity contribution in [2.45, 2.75) is 32.2 Å². The number of hydrogen-bond donors (Lipinski definition) is 0. The number of alkyl halides is 1. The van der Waals surface area contributed by atoms with Gasteiger partial charge in [-0.1, -0.05) is 12.1 Å². The Bertz CT molecular complexity index is 747. The van der Waals surface area contributed by atoms with Gasteiger partial charge in [-0.3, -0.25) is 4.98 Å². The van der Waals surface area contributed by atoms with E-state index in [9.17, 15) is 0 Å². The predicted octanol–water partition coefficient (Wildman–Crippen LogP) is 4.28. The maximum Gasteiger partial charge on any atom is 0.127 e. The third-order valence-electron chi connectivity index (χ3n) is 3.61. The second-order valence-corrected chi connectivity index (χ2v) is 5.96. The van der Waals surface area contributed by atoms with Crippen LogP contribution in [-0.2, 0) is 13.0 Å². The molecule has 0 aliphatic rings. The van der Waals surface area contributed by atoms with Crippen LogP contribution in [0, 0.1) is 6.92 Å². The lowest BCUT2D eigenvalue weighted by Crippen LogP contribution is -2.07. The average Bonchev–Trinajstić information content (AvgIpc) is 2.84. The summed E-state index contributed by atoms with van der Waals surface area (Å²) in [5, 5.41) is -0.110. The molecular weight excluding hydrogens is 282 g/mol. The van der Waals surface area contributed by atoms with Crippen molar-refractivity contribution in [1.82, 2.24) is 14.5 Å². The Hall–Kier alpha value is -1.87. The van der Waals surface area contributed by atoms with Gasteiger partial charge in [-0.05, 0) is 43.7 Å². The lowest BCUT2D eigenvalue weighted by atomic mass is 10.2. The first-order valence-corrected chi connectivity index (χ1v) is 7.59. The molecule has 3 aromatic rings. The molecule has 0 aliphatic heterocycles. The summed E-state index contributed by atoms with van der Waals surface area (Å²) < 4.78 is 2.22. The molecule has 1 unspecified atom stereocenters. The molecule has 0 radical (unpaired) electrons. The molecule has 0 aliphatic carbocycles. The lowest BCUT2D eigenvalue weighted by Gasteiger charge is -2.10. The second-order valence-electron chi connectivity index (χ2n) is 5.30. The number of imidazole rings is 1. The first kappa shape index (κ1) is 14.1. The van der Waals surface area contributed by atoms with E-state index in [4.69, 9.17) is 11.6 Å². The minimum absolute atomic E-state index is 0.110. The van der Waals surface area contributed by atoms with Crippen LogP contribution >= 0.6 is 11.6 Å². The highest BCUT2D eigenvalue weighted by Crippen LogP contribution is 2.25. The molecule has 4 heteroatoms. The summed E-state index contributed by atoms with van der Waals surface area (Å²) in [7, 11) is 0. The Morgan fingerprint density at radius 3 is 2.81 bits per heavy atom. The van der Waals surface area contributed by atoms with Crippen molar-refractivity contribution in [1.29, 1.82) is 0 Å². The molecule has 0 spiro atoms. The van der Waals surface area contributed by atoms with E-state index < -0.39 is 0 Å². The minimum atomic E-state index is -0.110. The topological polar surface area (TPSA) is 30.7 Å². The molecule has 0 N–H and O–H groups in total. The Labute approximate surface area is 129 Å². The molecule has 108 valence electrons. The summed E-state index contributed by atoms with van der Waals surface area (Å²) in [6.07, 6.45) is 2.70. The number of fused-ring (bicyclic) bond motifs is 1. The van der Waals surface area contributed by atoms with Crippen molar-refractivity contribution < 1.29 is 0 Å². The number of halogens is 1. The number of rotatable bonds is 4. The zero-order valence-corrected chi connectivity index (χ0v) is 13.0. The van der Waals surface area contributed by atoms with E-state index in [1.165, 1.54) is 5.56 Å². The lowest BCUT2D eigenvalue weighted by molar-refractivity contribution is 0.660. The molecule has 2 heterocycles. The van der Waals surface area contributed by atoms with Crippen LogP contribution in [0.15, 0.2) is 42.6 Å². The van der Waals surface area contributed by atoms with Gasteiger partial charge in [0.25, 0.3) is 0 Å². The molecule has 21 heavy (non-hydrogen) atoms. The van der Waals surface area contributed by atoms with Crippen LogP contribution in [0.1, 0.15) is 29.4 Å². The van der Waals surface area contributed by atoms with Crippen molar-refractivity contribution >= 4 is 22.6 Å². The predicted molar refractivity (Wildman–Crippen MR) is 86.7 cm³/mol. The van der Waals surface area contributed by atoms with Crippen LogP contribution < -0.4 is 0 Å². The summed E-state index contributed by atoms with van der Waals surface area (Å²) in [6, 6.07) is 12.3. The molecule has 3 rings (SSSR count). The van der Waals surface area contributed by atoms with Crippen LogP contribution in [-0.4, -0.2) is 14.5 Å². The molecule has 0 amide bonds. The molecule has 2 aromatic heterocycles.